The van der Waals surface area contributed by atoms with Gasteiger partial charge in [-0.1, -0.05) is 0 Å². The van der Waals surface area contributed by atoms with E-state index >= 15 is 0 Å². The summed E-state index contributed by atoms with van der Waals surface area (Å²) in [5, 5.41) is 16.7. The van der Waals surface area contributed by atoms with Crippen molar-refractivity contribution in [1.29, 1.82) is 5.26 Å². The number of nitriles is 1. The molecule has 5 rings (SSSR count). The van der Waals surface area contributed by atoms with Gasteiger partial charge in [0.15, 0.2) is 11.5 Å². The van der Waals surface area contributed by atoms with Crippen LogP contribution in [0.2, 0.25) is 0 Å². The smallest absolute Gasteiger partial charge is 0.203 e. The van der Waals surface area contributed by atoms with E-state index in [-0.39, 0.29) is 0 Å². The number of benzene rings is 1. The fourth-order valence-electron chi connectivity index (χ4n) is 5.43. The number of piperazine rings is 1. The molecular weight excluding hydrogens is 444 g/mol. The topological polar surface area (TPSA) is 88.7 Å². The average Bonchev–Trinajstić information content (AvgIpc) is 3.25. The van der Waals surface area contributed by atoms with Gasteiger partial charge in [0.1, 0.15) is 23.8 Å². The zero-order valence-electron chi connectivity index (χ0n) is 20.7. The van der Waals surface area contributed by atoms with Crippen molar-refractivity contribution in [2.24, 2.45) is 0 Å². The van der Waals surface area contributed by atoms with Gasteiger partial charge in [0.2, 0.25) is 5.75 Å². The maximum absolute atomic E-state index is 9.80. The van der Waals surface area contributed by atoms with Gasteiger partial charge >= 0.3 is 0 Å². The monoisotopic (exact) mass is 476 g/mol. The number of methoxy groups -OCH3 is 3. The summed E-state index contributed by atoms with van der Waals surface area (Å²) in [7, 11) is 4.91. The van der Waals surface area contributed by atoms with Gasteiger partial charge in [-0.15, -0.1) is 5.10 Å². The first-order valence-corrected chi connectivity index (χ1v) is 12.2. The standard InChI is InChI=1S/C26H32N6O3/c1-33-22-14-18(15-23(34-2)26(22)35-3)8-9-30-10-12-31(13-11-30)32-25-20-7-5-4-6-19(20)21(16-27)24(25)28-17-29-32/h14-15,17H,4-13H2,1-3H3. The maximum Gasteiger partial charge on any atom is 0.203 e. The van der Waals surface area contributed by atoms with Gasteiger partial charge in [0, 0.05) is 32.7 Å². The molecule has 0 bridgehead atoms. The third kappa shape index (κ3) is 4.23. The SMILES string of the molecule is COc1cc(CCN2CCN(n3ncnc4c(C#N)c5c(c3-4)CCCC5)CC2)cc(OC)c1OC. The number of hydrogen-bond donors (Lipinski definition) is 0. The van der Waals surface area contributed by atoms with E-state index in [1.165, 1.54) is 11.1 Å². The molecule has 0 N–H and O–H groups in total. The normalized spacial score (nSPS) is 16.1. The summed E-state index contributed by atoms with van der Waals surface area (Å²) in [4.78, 5) is 9.00. The van der Waals surface area contributed by atoms with Crippen molar-refractivity contribution >= 4 is 0 Å². The molecule has 0 amide bonds. The van der Waals surface area contributed by atoms with Crippen LogP contribution in [0.15, 0.2) is 18.5 Å². The minimum Gasteiger partial charge on any atom is -0.493 e. The Bertz CT molecular complexity index is 1180. The Hall–Kier alpha value is -3.51. The summed E-state index contributed by atoms with van der Waals surface area (Å²) in [6, 6.07) is 6.46. The Balaban J connectivity index is 1.28. The maximum atomic E-state index is 9.80. The summed E-state index contributed by atoms with van der Waals surface area (Å²) >= 11 is 0. The molecule has 0 saturated carbocycles. The lowest BCUT2D eigenvalue weighted by Crippen LogP contribution is -2.52. The number of ether oxygens (including phenoxy) is 3. The second kappa shape index (κ2) is 10.0. The van der Waals surface area contributed by atoms with Crippen molar-refractivity contribution in [1.82, 2.24) is 19.8 Å². The molecule has 1 saturated heterocycles. The van der Waals surface area contributed by atoms with E-state index < -0.39 is 0 Å². The second-order valence-electron chi connectivity index (χ2n) is 9.08. The molecule has 2 heterocycles. The zero-order chi connectivity index (χ0) is 24.4. The molecule has 1 fully saturated rings. The molecule has 0 unspecified atom stereocenters. The molecule has 2 aliphatic heterocycles. The van der Waals surface area contributed by atoms with E-state index in [0.29, 0.717) is 17.2 Å². The summed E-state index contributed by atoms with van der Waals surface area (Å²) in [5.74, 6) is 1.99. The predicted octanol–water partition coefficient (Wildman–Crippen LogP) is 2.66. The molecule has 1 aromatic rings. The van der Waals surface area contributed by atoms with Gasteiger partial charge in [-0.05, 0) is 60.9 Å². The van der Waals surface area contributed by atoms with Gasteiger partial charge in [0.25, 0.3) is 0 Å². The van der Waals surface area contributed by atoms with Crippen LogP contribution in [-0.2, 0) is 19.3 Å². The molecule has 0 aromatic heterocycles. The van der Waals surface area contributed by atoms with E-state index in [2.05, 4.69) is 26.1 Å². The van der Waals surface area contributed by atoms with Crippen molar-refractivity contribution in [2.75, 3.05) is 59.1 Å². The van der Waals surface area contributed by atoms with E-state index in [9.17, 15) is 5.26 Å². The first-order chi connectivity index (χ1) is 17.2. The van der Waals surface area contributed by atoms with E-state index in [1.54, 1.807) is 27.7 Å². The Morgan fingerprint density at radius 3 is 2.26 bits per heavy atom. The summed E-state index contributed by atoms with van der Waals surface area (Å²) in [6.45, 7) is 4.57. The lowest BCUT2D eigenvalue weighted by molar-refractivity contribution is 0.237. The third-order valence-electron chi connectivity index (χ3n) is 7.23. The van der Waals surface area contributed by atoms with Crippen LogP contribution in [0.1, 0.15) is 35.1 Å². The second-order valence-corrected chi connectivity index (χ2v) is 9.08. The number of fused-ring (bicyclic) bond motifs is 3. The van der Waals surface area contributed by atoms with E-state index in [0.717, 1.165) is 87.3 Å². The summed E-state index contributed by atoms with van der Waals surface area (Å²) in [6.07, 6.45) is 6.73. The minimum atomic E-state index is 0.620. The van der Waals surface area contributed by atoms with Crippen molar-refractivity contribution in [3.05, 3.63) is 40.7 Å². The van der Waals surface area contributed by atoms with Gasteiger partial charge in [0.05, 0.1) is 26.9 Å². The van der Waals surface area contributed by atoms with Gasteiger partial charge in [-0.25, -0.2) is 4.98 Å². The molecule has 184 valence electrons. The quantitative estimate of drug-likeness (QED) is 0.514. The minimum absolute atomic E-state index is 0.620. The zero-order valence-corrected chi connectivity index (χ0v) is 20.7. The molecule has 4 aliphatic rings. The Morgan fingerprint density at radius 1 is 0.943 bits per heavy atom. The van der Waals surface area contributed by atoms with E-state index in [4.69, 9.17) is 14.2 Å². The van der Waals surface area contributed by atoms with Crippen molar-refractivity contribution in [3.63, 3.8) is 0 Å². The van der Waals surface area contributed by atoms with Crippen molar-refractivity contribution in [3.8, 4) is 34.7 Å². The highest BCUT2D eigenvalue weighted by Gasteiger charge is 2.31. The molecule has 9 heteroatoms. The molecule has 0 spiro atoms. The number of hydrogen-bond acceptors (Lipinski definition) is 8. The van der Waals surface area contributed by atoms with Crippen LogP contribution in [0.5, 0.6) is 17.2 Å². The average molecular weight is 477 g/mol. The van der Waals surface area contributed by atoms with Crippen LogP contribution in [-0.4, -0.2) is 73.8 Å². The Kier molecular flexibility index (Phi) is 6.64. The Morgan fingerprint density at radius 2 is 1.63 bits per heavy atom. The molecule has 9 nitrogen and oxygen atoms in total. The largest absolute Gasteiger partial charge is 0.493 e. The van der Waals surface area contributed by atoms with Crippen LogP contribution in [0.4, 0.5) is 0 Å². The lowest BCUT2D eigenvalue weighted by Gasteiger charge is -2.37. The van der Waals surface area contributed by atoms with E-state index in [1.807, 2.05) is 16.9 Å². The molecule has 0 radical (unpaired) electrons. The van der Waals surface area contributed by atoms with Crippen LogP contribution in [0.25, 0.3) is 11.4 Å². The fourth-order valence-corrected chi connectivity index (χ4v) is 5.43. The highest BCUT2D eigenvalue weighted by molar-refractivity contribution is 5.76. The fraction of sp³-hybridized carbons (Fsp3) is 0.500. The summed E-state index contributed by atoms with van der Waals surface area (Å²) < 4.78 is 16.4. The van der Waals surface area contributed by atoms with Crippen molar-refractivity contribution in [2.45, 2.75) is 32.1 Å². The number of aromatic nitrogens is 3. The molecule has 35 heavy (non-hydrogen) atoms. The van der Waals surface area contributed by atoms with Crippen LogP contribution >= 0.6 is 0 Å². The first kappa shape index (κ1) is 23.2. The van der Waals surface area contributed by atoms with Crippen LogP contribution < -0.4 is 19.2 Å². The number of rotatable bonds is 7. The van der Waals surface area contributed by atoms with Gasteiger partial charge < -0.3 is 14.2 Å². The lowest BCUT2D eigenvalue weighted by atomic mass is 9.94. The Labute approximate surface area is 206 Å². The van der Waals surface area contributed by atoms with Crippen molar-refractivity contribution < 1.29 is 14.2 Å². The molecule has 0 atom stereocenters. The summed E-state index contributed by atoms with van der Waals surface area (Å²) in [5.41, 5.74) is 6.19. The van der Waals surface area contributed by atoms with Crippen LogP contribution in [0.3, 0.4) is 0 Å². The highest BCUT2D eigenvalue weighted by Crippen LogP contribution is 2.39. The van der Waals surface area contributed by atoms with Gasteiger partial charge in [-0.2, -0.15) is 10.1 Å². The highest BCUT2D eigenvalue weighted by atomic mass is 16.5. The predicted molar refractivity (Wildman–Crippen MR) is 132 cm³/mol. The number of nitrogens with zero attached hydrogens (tertiary/aromatic N) is 6. The van der Waals surface area contributed by atoms with Crippen LogP contribution in [0, 0.1) is 11.3 Å². The van der Waals surface area contributed by atoms with Gasteiger partial charge in [-0.3, -0.25) is 9.91 Å². The third-order valence-corrected chi connectivity index (χ3v) is 7.23. The molecule has 1 aromatic carbocycles. The first-order valence-electron chi connectivity index (χ1n) is 12.2. The molecular formula is C26H32N6O3. The molecule has 2 aliphatic carbocycles.